The fraction of sp³-hybridized carbons (Fsp3) is 0.342. The summed E-state index contributed by atoms with van der Waals surface area (Å²) in [6.45, 7) is 25.4. The van der Waals surface area contributed by atoms with E-state index in [9.17, 15) is 42.7 Å². The Hall–Kier alpha value is -8.74. The van der Waals surface area contributed by atoms with Crippen molar-refractivity contribution in [3.8, 4) is 44.8 Å². The molecule has 9 rings (SSSR count). The number of hydrogen-bond acceptors (Lipinski definition) is 11. The van der Waals surface area contributed by atoms with Crippen molar-refractivity contribution < 1.29 is 86.4 Å². The molecule has 0 radical (unpaired) electrons. The second-order valence-electron chi connectivity index (χ2n) is 26.2. The predicted octanol–water partition coefficient (Wildman–Crippen LogP) is 13.1. The van der Waals surface area contributed by atoms with Gasteiger partial charge in [-0.1, -0.05) is 132 Å². The maximum absolute atomic E-state index is 14.1. The van der Waals surface area contributed by atoms with E-state index in [4.69, 9.17) is 14.2 Å². The number of rotatable bonds is 22. The number of allylic oxidation sites excluding steroid dienone is 1. The molecule has 0 bridgehead atoms. The Balaban J connectivity index is 0.000000264. The van der Waals surface area contributed by atoms with Crippen LogP contribution in [0.4, 0.5) is 20.2 Å². The number of carbonyl (C=O) groups is 6. The van der Waals surface area contributed by atoms with Crippen LogP contribution in [0.15, 0.2) is 182 Å². The number of carbonyl (C=O) groups excluding carboxylic acids is 6. The quantitative estimate of drug-likeness (QED) is 0.0216. The molecule has 1 fully saturated rings. The van der Waals surface area contributed by atoms with Gasteiger partial charge in [0.1, 0.15) is 35.0 Å². The van der Waals surface area contributed by atoms with E-state index >= 15 is 0 Å². The summed E-state index contributed by atoms with van der Waals surface area (Å²) in [5.74, 6) is -3.22. The molecule has 1 aliphatic rings. The Morgan fingerprint density at radius 2 is 1.00 bits per heavy atom. The van der Waals surface area contributed by atoms with Gasteiger partial charge in [0.2, 0.25) is 5.91 Å². The number of anilines is 2. The number of halogens is 2. The van der Waals surface area contributed by atoms with Crippen LogP contribution in [-0.2, 0) is 51.3 Å². The Morgan fingerprint density at radius 3 is 1.47 bits per heavy atom. The molecule has 3 heterocycles. The van der Waals surface area contributed by atoms with E-state index in [1.54, 1.807) is 65.8 Å². The van der Waals surface area contributed by atoms with Crippen molar-refractivity contribution in [3.05, 3.63) is 216 Å². The first kappa shape index (κ1) is 77.3. The maximum Gasteiger partial charge on any atom is 1.00 e. The zero-order valence-corrected chi connectivity index (χ0v) is 60.2. The third-order valence-electron chi connectivity index (χ3n) is 15.4. The van der Waals surface area contributed by atoms with Gasteiger partial charge in [-0.15, -0.1) is 5.76 Å². The molecule has 18 heteroatoms. The molecule has 2 aromatic heterocycles. The van der Waals surface area contributed by atoms with Gasteiger partial charge >= 0.3 is 41.5 Å². The second-order valence-corrected chi connectivity index (χ2v) is 26.2. The second kappa shape index (κ2) is 36.0. The Kier molecular flexibility index (Phi) is 28.7. The minimum atomic E-state index is -0.735. The minimum absolute atomic E-state index is 0. The summed E-state index contributed by atoms with van der Waals surface area (Å²) >= 11 is 0. The molecular formula is C79H90F2N5NaO10. The summed E-state index contributed by atoms with van der Waals surface area (Å²) < 4.78 is 47.9. The third kappa shape index (κ3) is 22.7. The van der Waals surface area contributed by atoms with Crippen molar-refractivity contribution in [2.24, 2.45) is 0 Å². The molecular weight excluding hydrogens is 1240 g/mol. The zero-order valence-electron chi connectivity index (χ0n) is 58.2. The molecule has 15 nitrogen and oxygen atoms in total. The van der Waals surface area contributed by atoms with Crippen LogP contribution in [0.5, 0.6) is 0 Å². The van der Waals surface area contributed by atoms with E-state index in [0.717, 1.165) is 39.7 Å². The number of benzene rings is 6. The molecule has 1 unspecified atom stereocenters. The van der Waals surface area contributed by atoms with Gasteiger partial charge < -0.3 is 44.0 Å². The number of nitrogens with one attached hydrogen (secondary N) is 2. The predicted molar refractivity (Wildman–Crippen MR) is 373 cm³/mol. The molecule has 1 aliphatic heterocycles. The van der Waals surface area contributed by atoms with E-state index < -0.39 is 47.6 Å². The van der Waals surface area contributed by atoms with Gasteiger partial charge in [0.15, 0.2) is 5.78 Å². The number of hydrogen-bond donors (Lipinski definition) is 2. The molecule has 0 saturated carbocycles. The van der Waals surface area contributed by atoms with Crippen molar-refractivity contribution in [1.29, 1.82) is 0 Å². The van der Waals surface area contributed by atoms with Crippen LogP contribution < -0.4 is 45.3 Å². The summed E-state index contributed by atoms with van der Waals surface area (Å²) in [7, 11) is 0. The van der Waals surface area contributed by atoms with Gasteiger partial charge in [-0.25, -0.2) is 13.6 Å². The number of amides is 2. The molecule has 2 N–H and O–H groups in total. The number of Topliss-reactive ketones (excluding diaryl/α,β-unsaturated/α-hetero) is 2. The molecule has 2 amide bonds. The number of nitrogens with zero attached hydrogens (tertiary/aromatic N) is 3. The smallest absolute Gasteiger partial charge is 0.875 e. The fourth-order valence-corrected chi connectivity index (χ4v) is 11.6. The first-order valence-corrected chi connectivity index (χ1v) is 32.6. The van der Waals surface area contributed by atoms with Crippen LogP contribution in [-0.4, -0.2) is 86.9 Å². The first-order valence-electron chi connectivity index (χ1n) is 32.6. The molecule has 1 atom stereocenters. The van der Waals surface area contributed by atoms with Crippen LogP contribution in [0.25, 0.3) is 44.8 Å². The average molecular weight is 1330 g/mol. The van der Waals surface area contributed by atoms with Gasteiger partial charge in [-0.2, -0.15) is 0 Å². The minimum Gasteiger partial charge on any atom is -0.875 e. The van der Waals surface area contributed by atoms with Gasteiger partial charge in [-0.05, 0) is 155 Å². The topological polar surface area (TPSA) is 190 Å². The number of para-hydroxylation sites is 2. The van der Waals surface area contributed by atoms with Gasteiger partial charge in [-0.3, -0.25) is 24.0 Å². The number of morpholine rings is 1. The van der Waals surface area contributed by atoms with Gasteiger partial charge in [0.25, 0.3) is 5.91 Å². The summed E-state index contributed by atoms with van der Waals surface area (Å²) in [5, 5.41) is 17.1. The van der Waals surface area contributed by atoms with E-state index in [1.165, 1.54) is 42.4 Å². The van der Waals surface area contributed by atoms with Gasteiger partial charge in [0.05, 0.1) is 42.6 Å². The third-order valence-corrected chi connectivity index (χ3v) is 15.4. The monoisotopic (exact) mass is 1330 g/mol. The first-order chi connectivity index (χ1) is 45.6. The Morgan fingerprint density at radius 1 is 0.557 bits per heavy atom. The molecule has 0 aliphatic carbocycles. The summed E-state index contributed by atoms with van der Waals surface area (Å²) in [6, 6.07) is 52.0. The van der Waals surface area contributed by atoms with Crippen molar-refractivity contribution in [1.82, 2.24) is 14.0 Å². The van der Waals surface area contributed by atoms with Crippen LogP contribution in [0, 0.1) is 11.6 Å². The largest absolute Gasteiger partial charge is 1.00 e. The van der Waals surface area contributed by atoms with E-state index in [1.807, 2.05) is 108 Å². The summed E-state index contributed by atoms with van der Waals surface area (Å²) in [4.78, 5) is 77.8. The Bertz CT molecular complexity index is 3940. The van der Waals surface area contributed by atoms with E-state index in [0.29, 0.717) is 73.0 Å². The normalized spacial score (nSPS) is 12.7. The average Bonchev–Trinajstić information content (AvgIpc) is 1.60. The van der Waals surface area contributed by atoms with Gasteiger partial charge in [0, 0.05) is 84.5 Å². The fourth-order valence-electron chi connectivity index (χ4n) is 11.6. The van der Waals surface area contributed by atoms with Crippen molar-refractivity contribution in [3.63, 3.8) is 0 Å². The molecule has 97 heavy (non-hydrogen) atoms. The van der Waals surface area contributed by atoms with Crippen LogP contribution >= 0.6 is 0 Å². The Labute approximate surface area is 591 Å². The summed E-state index contributed by atoms with van der Waals surface area (Å²) in [6.07, 6.45) is 0.418. The van der Waals surface area contributed by atoms with Crippen molar-refractivity contribution in [2.45, 2.75) is 151 Å². The standard InChI is InChI=1S/C37H39FN2O5.C34H38FN3O2.C8H14O3.Na/c1-24(2)34-33(36(44)39-28-14-10-7-11-15-28)32(25-12-8-6-9-13-25)35(26-16-18-27(38)19-17-26)40(34)21-20-29(41)22-30(42)23-31(43)45-37(3,4)5;1-24(2)33-31(25(3)36-29-12-8-5-9-13-29)32(26-10-6-4-7-11-26)34(27-14-16-28(35)17-15-27)38(33)19-18-30(39)37-20-22-40-23-21-37;1-6(9)5-7(10)11-8(2,3)4;/h6-19,24H,20-23H2,1-5H3,(H,39,44);4-17,24-25,36H,18-23H2,1-3H3;5,9H,1-4H3;/q;;;+1/p-1/b;;6-5-;. The van der Waals surface area contributed by atoms with E-state index in [-0.39, 0.29) is 89.6 Å². The number of esters is 2. The van der Waals surface area contributed by atoms with Crippen LogP contribution in [0.3, 0.4) is 0 Å². The molecule has 6 aromatic carbocycles. The SMILES string of the molecule is C/C([O-])=C/C(=O)OC(C)(C)C.CC(C)c1c(C(=O)Nc2ccccc2)c(-c2ccccc2)c(-c2ccc(F)cc2)n1CCC(=O)CC(=O)CC(=O)OC(C)(C)C.CC(C)c1c(C(C)Nc2ccccc2)c(-c2ccccc2)c(-c2ccc(F)cc2)n1CCC(=O)N1CCOCC1.[Na+]. The van der Waals surface area contributed by atoms with E-state index in [2.05, 4.69) is 72.4 Å². The molecule has 8 aromatic rings. The zero-order chi connectivity index (χ0) is 69.9. The number of ketones is 2. The van der Waals surface area contributed by atoms with Crippen LogP contribution in [0.2, 0.25) is 0 Å². The summed E-state index contributed by atoms with van der Waals surface area (Å²) in [5.41, 5.74) is 10.9. The molecule has 1 saturated heterocycles. The van der Waals surface area contributed by atoms with Crippen molar-refractivity contribution in [2.75, 3.05) is 36.9 Å². The van der Waals surface area contributed by atoms with Crippen molar-refractivity contribution >= 4 is 46.7 Å². The number of aromatic nitrogens is 2. The number of ether oxygens (including phenoxy) is 3. The maximum atomic E-state index is 14.1. The molecule has 506 valence electrons. The molecule has 0 spiro atoms. The van der Waals surface area contributed by atoms with Crippen LogP contribution in [0.1, 0.15) is 154 Å².